The molecule has 0 amide bonds. The number of alkyl halides is 5. The molecule has 0 aromatic rings. The lowest BCUT2D eigenvalue weighted by Crippen LogP contribution is -2.76. The highest BCUT2D eigenvalue weighted by Gasteiger charge is 2.71. The average molecular weight is 245 g/mol. The Bertz CT molecular complexity index is 325. The van der Waals surface area contributed by atoms with Crippen LogP contribution in [0.5, 0.6) is 0 Å². The third-order valence-corrected chi connectivity index (χ3v) is 3.17. The lowest BCUT2D eigenvalue weighted by atomic mass is 9.59. The van der Waals surface area contributed by atoms with E-state index in [0.717, 1.165) is 0 Å². The fourth-order valence-corrected chi connectivity index (χ4v) is 1.94. The molecular weight excluding hydrogens is 237 g/mol. The van der Waals surface area contributed by atoms with Crippen molar-refractivity contribution in [2.24, 2.45) is 5.41 Å². The molecule has 2 unspecified atom stereocenters. The van der Waals surface area contributed by atoms with Crippen LogP contribution >= 0.6 is 0 Å². The van der Waals surface area contributed by atoms with Gasteiger partial charge in [0.05, 0.1) is 5.41 Å². The number of nitrogens with one attached hydrogen (secondary N) is 1. The molecule has 1 aliphatic heterocycles. The number of hydrogen-bond acceptors (Lipinski definition) is 3. The van der Waals surface area contributed by atoms with Crippen molar-refractivity contribution in [3.8, 4) is 0 Å². The molecule has 92 valence electrons. The molecule has 3 nitrogen and oxygen atoms in total. The highest BCUT2D eigenvalue weighted by atomic mass is 19.4. The van der Waals surface area contributed by atoms with Crippen LogP contribution in [0.15, 0.2) is 0 Å². The van der Waals surface area contributed by atoms with Crippen molar-refractivity contribution in [2.75, 3.05) is 6.54 Å². The Morgan fingerprint density at radius 3 is 2.19 bits per heavy atom. The second-order valence-electron chi connectivity index (χ2n) is 4.02. The van der Waals surface area contributed by atoms with Gasteiger partial charge in [0.2, 0.25) is 0 Å². The Hall–Kier alpha value is -0.920. The first-order valence-corrected chi connectivity index (χ1v) is 4.58. The SMILES string of the molecule is O=C(OC1NCC12CCC2(F)F)C(F)(F)F. The van der Waals surface area contributed by atoms with Gasteiger partial charge in [-0.2, -0.15) is 13.2 Å². The monoisotopic (exact) mass is 245 g/mol. The fourth-order valence-electron chi connectivity index (χ4n) is 1.94. The summed E-state index contributed by atoms with van der Waals surface area (Å²) in [6, 6.07) is 0. The molecule has 1 saturated carbocycles. The van der Waals surface area contributed by atoms with Crippen molar-refractivity contribution in [3.05, 3.63) is 0 Å². The zero-order chi connectivity index (χ0) is 12.2. The standard InChI is InChI=1S/C8H8F5NO2/c9-7(10)2-1-6(7)3-14-4(6)16-5(15)8(11,12)13/h4,14H,1-3H2. The Morgan fingerprint density at radius 2 is 1.94 bits per heavy atom. The van der Waals surface area contributed by atoms with Crippen LogP contribution in [0.4, 0.5) is 22.0 Å². The zero-order valence-corrected chi connectivity index (χ0v) is 7.90. The maximum atomic E-state index is 13.1. The van der Waals surface area contributed by atoms with Crippen LogP contribution in [0.3, 0.4) is 0 Å². The van der Waals surface area contributed by atoms with E-state index in [0.29, 0.717) is 0 Å². The van der Waals surface area contributed by atoms with Gasteiger partial charge in [0.1, 0.15) is 0 Å². The van der Waals surface area contributed by atoms with Gasteiger partial charge in [0, 0.05) is 13.0 Å². The van der Waals surface area contributed by atoms with Crippen molar-refractivity contribution in [1.29, 1.82) is 0 Å². The molecule has 2 aliphatic rings. The summed E-state index contributed by atoms with van der Waals surface area (Å²) in [4.78, 5) is 10.5. The van der Waals surface area contributed by atoms with Crippen LogP contribution in [0.1, 0.15) is 12.8 Å². The summed E-state index contributed by atoms with van der Waals surface area (Å²) in [5, 5.41) is 2.27. The number of halogens is 5. The maximum Gasteiger partial charge on any atom is 0.490 e. The molecule has 1 saturated heterocycles. The van der Waals surface area contributed by atoms with Crippen molar-refractivity contribution in [1.82, 2.24) is 5.32 Å². The van der Waals surface area contributed by atoms with Gasteiger partial charge >= 0.3 is 12.1 Å². The molecule has 0 bridgehead atoms. The minimum atomic E-state index is -5.16. The zero-order valence-electron chi connectivity index (χ0n) is 7.90. The van der Waals surface area contributed by atoms with Crippen molar-refractivity contribution in [3.63, 3.8) is 0 Å². The molecule has 2 atom stereocenters. The van der Waals surface area contributed by atoms with E-state index in [1.807, 2.05) is 0 Å². The number of esters is 1. The summed E-state index contributed by atoms with van der Waals surface area (Å²) in [5.74, 6) is -5.50. The molecule has 1 spiro atoms. The van der Waals surface area contributed by atoms with Crippen molar-refractivity contribution in [2.45, 2.75) is 31.2 Å². The first-order valence-electron chi connectivity index (χ1n) is 4.58. The normalized spacial score (nSPS) is 36.4. The predicted molar refractivity (Wildman–Crippen MR) is 40.6 cm³/mol. The van der Waals surface area contributed by atoms with Gasteiger partial charge in [0.25, 0.3) is 5.92 Å². The molecule has 2 rings (SSSR count). The maximum absolute atomic E-state index is 13.1. The first kappa shape index (κ1) is 11.6. The molecule has 0 radical (unpaired) electrons. The van der Waals surface area contributed by atoms with Crippen molar-refractivity contribution < 1.29 is 31.5 Å². The van der Waals surface area contributed by atoms with E-state index >= 15 is 0 Å². The highest BCUT2D eigenvalue weighted by molar-refractivity contribution is 5.75. The molecule has 0 aromatic heterocycles. The second-order valence-corrected chi connectivity index (χ2v) is 4.02. The lowest BCUT2D eigenvalue weighted by molar-refractivity contribution is -0.298. The Balaban J connectivity index is 2.01. The minimum Gasteiger partial charge on any atom is -0.439 e. The van der Waals surface area contributed by atoms with Crippen molar-refractivity contribution >= 4 is 5.97 Å². The summed E-state index contributed by atoms with van der Waals surface area (Å²) >= 11 is 0. The fraction of sp³-hybridized carbons (Fsp3) is 0.875. The molecular formula is C8H8F5NO2. The number of carbonyl (C=O) groups excluding carboxylic acids is 1. The van der Waals surface area contributed by atoms with E-state index in [4.69, 9.17) is 0 Å². The molecule has 8 heteroatoms. The van der Waals surface area contributed by atoms with E-state index < -0.39 is 29.7 Å². The third kappa shape index (κ3) is 1.39. The van der Waals surface area contributed by atoms with Crippen LogP contribution in [-0.2, 0) is 9.53 Å². The average Bonchev–Trinajstić information content (AvgIpc) is 2.09. The van der Waals surface area contributed by atoms with Crippen LogP contribution < -0.4 is 5.32 Å². The van der Waals surface area contributed by atoms with Gasteiger partial charge in [-0.15, -0.1) is 0 Å². The van der Waals surface area contributed by atoms with Gasteiger partial charge in [-0.1, -0.05) is 0 Å². The van der Waals surface area contributed by atoms with Crippen LogP contribution in [0.25, 0.3) is 0 Å². The molecule has 1 aliphatic carbocycles. The van der Waals surface area contributed by atoms with E-state index in [2.05, 4.69) is 10.1 Å². The minimum absolute atomic E-state index is 0.0583. The summed E-state index contributed by atoms with van der Waals surface area (Å²) < 4.78 is 65.8. The largest absolute Gasteiger partial charge is 0.490 e. The second kappa shape index (κ2) is 3.06. The Kier molecular flexibility index (Phi) is 2.21. The van der Waals surface area contributed by atoms with Gasteiger partial charge in [0.15, 0.2) is 6.23 Å². The molecule has 1 N–H and O–H groups in total. The number of rotatable bonds is 1. The number of hydrogen-bond donors (Lipinski definition) is 1. The summed E-state index contributed by atoms with van der Waals surface area (Å²) in [6.45, 7) is -0.129. The molecule has 1 heterocycles. The number of carbonyl (C=O) groups is 1. The van der Waals surface area contributed by atoms with Gasteiger partial charge in [-0.25, -0.2) is 13.6 Å². The number of ether oxygens (including phenoxy) is 1. The van der Waals surface area contributed by atoms with E-state index in [9.17, 15) is 26.7 Å². The smallest absolute Gasteiger partial charge is 0.439 e. The van der Waals surface area contributed by atoms with Crippen LogP contribution in [0.2, 0.25) is 0 Å². The first-order chi connectivity index (χ1) is 7.19. The van der Waals surface area contributed by atoms with Crippen LogP contribution in [-0.4, -0.2) is 30.8 Å². The van der Waals surface area contributed by atoms with Gasteiger partial charge in [-0.05, 0) is 6.42 Å². The molecule has 16 heavy (non-hydrogen) atoms. The van der Waals surface area contributed by atoms with Crippen LogP contribution in [0, 0.1) is 5.41 Å². The summed E-state index contributed by atoms with van der Waals surface area (Å²) in [7, 11) is 0. The molecule has 0 aromatic carbocycles. The van der Waals surface area contributed by atoms with E-state index in [-0.39, 0.29) is 19.4 Å². The van der Waals surface area contributed by atoms with E-state index in [1.165, 1.54) is 0 Å². The topological polar surface area (TPSA) is 38.3 Å². The van der Waals surface area contributed by atoms with Gasteiger partial charge in [-0.3, -0.25) is 5.32 Å². The third-order valence-electron chi connectivity index (χ3n) is 3.17. The Morgan fingerprint density at radius 1 is 1.31 bits per heavy atom. The van der Waals surface area contributed by atoms with E-state index in [1.54, 1.807) is 0 Å². The summed E-state index contributed by atoms with van der Waals surface area (Å²) in [5.41, 5.74) is -1.63. The highest BCUT2D eigenvalue weighted by Crippen LogP contribution is 2.59. The predicted octanol–water partition coefficient (Wildman–Crippen LogP) is 1.44. The molecule has 2 fully saturated rings. The lowest BCUT2D eigenvalue weighted by Gasteiger charge is -2.59. The van der Waals surface area contributed by atoms with Gasteiger partial charge < -0.3 is 4.74 Å². The summed E-state index contributed by atoms with van der Waals surface area (Å²) in [6.07, 6.45) is -7.01. The quantitative estimate of drug-likeness (QED) is 0.561. The Labute approximate surface area is 86.9 Å².